The second kappa shape index (κ2) is 8.02. The molecule has 1 saturated heterocycles. The van der Waals surface area contributed by atoms with Crippen LogP contribution in [0.15, 0.2) is 53.1 Å². The van der Waals surface area contributed by atoms with Gasteiger partial charge >= 0.3 is 0 Å². The molecule has 0 bridgehead atoms. The number of ether oxygens (including phenoxy) is 1. The van der Waals surface area contributed by atoms with E-state index >= 15 is 0 Å². The van der Waals surface area contributed by atoms with Crippen molar-refractivity contribution in [2.45, 2.75) is 19.3 Å². The van der Waals surface area contributed by atoms with E-state index in [1.165, 1.54) is 11.8 Å². The van der Waals surface area contributed by atoms with Gasteiger partial charge < -0.3 is 9.64 Å². The van der Waals surface area contributed by atoms with Crippen LogP contribution >= 0.6 is 23.4 Å². The predicted octanol–water partition coefficient (Wildman–Crippen LogP) is 4.88. The molecule has 1 fully saturated rings. The van der Waals surface area contributed by atoms with Crippen LogP contribution in [0, 0.1) is 18.3 Å². The summed E-state index contributed by atoms with van der Waals surface area (Å²) in [5.74, 6) is 1.06. The van der Waals surface area contributed by atoms with E-state index in [9.17, 15) is 10.1 Å². The molecule has 0 spiro atoms. The number of carbonyl (C=O) groups excluding carboxylic acids is 1. The number of allylic oxidation sites excluding steroid dienone is 1. The zero-order valence-electron chi connectivity index (χ0n) is 16.2. The van der Waals surface area contributed by atoms with Crippen molar-refractivity contribution in [2.24, 2.45) is 0 Å². The average molecular weight is 426 g/mol. The number of amides is 1. The number of thioether (sulfide) groups is 1. The van der Waals surface area contributed by atoms with Gasteiger partial charge in [-0.2, -0.15) is 5.26 Å². The van der Waals surface area contributed by atoms with Crippen LogP contribution in [0.1, 0.15) is 23.5 Å². The Hall–Kier alpha value is -2.62. The second-order valence-corrected chi connectivity index (χ2v) is 8.33. The molecular formula is C22H20ClN3O2S. The van der Waals surface area contributed by atoms with Crippen molar-refractivity contribution in [1.29, 1.82) is 5.26 Å². The molecule has 2 aliphatic rings. The fraction of sp³-hybridized carbons (Fsp3) is 0.273. The summed E-state index contributed by atoms with van der Waals surface area (Å²) in [7, 11) is 1.61. The predicted molar refractivity (Wildman–Crippen MR) is 116 cm³/mol. The Bertz CT molecular complexity index is 1050. The minimum Gasteiger partial charge on any atom is -0.496 e. The first-order valence-electron chi connectivity index (χ1n) is 9.25. The van der Waals surface area contributed by atoms with Crippen molar-refractivity contribution >= 4 is 35.0 Å². The fourth-order valence-corrected chi connectivity index (χ4v) is 5.20. The SMILES string of the molecule is COc1ccccc1[C@H]1CC(=O)N2CN(c3cccc(Cl)c3C)CSC2=C1C#N. The molecule has 2 aromatic carbocycles. The Morgan fingerprint density at radius 2 is 2.03 bits per heavy atom. The normalized spacial score (nSPS) is 19.1. The molecule has 0 aliphatic carbocycles. The summed E-state index contributed by atoms with van der Waals surface area (Å²) in [6, 6.07) is 15.7. The summed E-state index contributed by atoms with van der Waals surface area (Å²) in [5, 5.41) is 11.4. The summed E-state index contributed by atoms with van der Waals surface area (Å²) in [5.41, 5.74) is 3.49. The molecular weight excluding hydrogens is 406 g/mol. The highest BCUT2D eigenvalue weighted by Gasteiger charge is 2.39. The molecule has 2 aromatic rings. The average Bonchev–Trinajstić information content (AvgIpc) is 2.75. The van der Waals surface area contributed by atoms with Gasteiger partial charge in [-0.15, -0.1) is 0 Å². The van der Waals surface area contributed by atoms with Crippen molar-refractivity contribution in [3.05, 3.63) is 69.2 Å². The lowest BCUT2D eigenvalue weighted by Crippen LogP contribution is -2.47. The van der Waals surface area contributed by atoms with Gasteiger partial charge in [-0.1, -0.05) is 47.6 Å². The minimum absolute atomic E-state index is 0.00628. The van der Waals surface area contributed by atoms with Gasteiger partial charge in [0.05, 0.1) is 36.3 Å². The number of hydrogen-bond acceptors (Lipinski definition) is 5. The molecule has 29 heavy (non-hydrogen) atoms. The number of nitriles is 1. The number of rotatable bonds is 3. The molecule has 0 N–H and O–H groups in total. The summed E-state index contributed by atoms with van der Waals surface area (Å²) in [4.78, 5) is 16.9. The largest absolute Gasteiger partial charge is 0.496 e. The summed E-state index contributed by atoms with van der Waals surface area (Å²) >= 11 is 7.80. The first kappa shape index (κ1) is 19.7. The van der Waals surface area contributed by atoms with E-state index in [0.29, 0.717) is 28.9 Å². The number of halogens is 1. The third-order valence-electron chi connectivity index (χ3n) is 5.39. The van der Waals surface area contributed by atoms with Crippen LogP contribution in [0.3, 0.4) is 0 Å². The smallest absolute Gasteiger partial charge is 0.229 e. The Balaban J connectivity index is 1.71. The molecule has 0 aromatic heterocycles. The highest BCUT2D eigenvalue weighted by Crippen LogP contribution is 2.45. The van der Waals surface area contributed by atoms with E-state index in [1.54, 1.807) is 12.0 Å². The maximum atomic E-state index is 13.1. The maximum Gasteiger partial charge on any atom is 0.229 e. The number of fused-ring (bicyclic) bond motifs is 1. The van der Waals surface area contributed by atoms with Gasteiger partial charge in [0, 0.05) is 28.6 Å². The number of carbonyl (C=O) groups is 1. The Kier molecular flexibility index (Phi) is 5.44. The molecule has 5 nitrogen and oxygen atoms in total. The van der Waals surface area contributed by atoms with Gasteiger partial charge in [0.2, 0.25) is 5.91 Å². The van der Waals surface area contributed by atoms with E-state index in [1.807, 2.05) is 49.4 Å². The zero-order chi connectivity index (χ0) is 20.5. The van der Waals surface area contributed by atoms with Crippen LogP contribution in [-0.4, -0.2) is 30.5 Å². The van der Waals surface area contributed by atoms with Crippen molar-refractivity contribution in [1.82, 2.24) is 4.90 Å². The molecule has 4 rings (SSSR count). The lowest BCUT2D eigenvalue weighted by molar-refractivity contribution is -0.129. The van der Waals surface area contributed by atoms with Crippen LogP contribution in [0.4, 0.5) is 5.69 Å². The highest BCUT2D eigenvalue weighted by molar-refractivity contribution is 8.03. The molecule has 0 unspecified atom stereocenters. The van der Waals surface area contributed by atoms with Crippen molar-refractivity contribution in [3.8, 4) is 11.8 Å². The van der Waals surface area contributed by atoms with Crippen molar-refractivity contribution in [3.63, 3.8) is 0 Å². The van der Waals surface area contributed by atoms with Crippen molar-refractivity contribution < 1.29 is 9.53 Å². The van der Waals surface area contributed by atoms with Crippen LogP contribution in [0.25, 0.3) is 0 Å². The maximum absolute atomic E-state index is 13.1. The molecule has 0 saturated carbocycles. The standard InChI is InChI=1S/C22H20ClN3O2S/c1-14-18(23)7-5-8-19(14)25-12-26-21(27)10-16(17(11-24)22(26)29-13-25)15-6-3-4-9-20(15)28-2/h3-9,16H,10,12-13H2,1-2H3/t16-/m1/s1. The number of anilines is 1. The highest BCUT2D eigenvalue weighted by atomic mass is 35.5. The molecule has 7 heteroatoms. The van der Waals surface area contributed by atoms with Crippen LogP contribution in [0.5, 0.6) is 5.75 Å². The Morgan fingerprint density at radius 1 is 1.24 bits per heavy atom. The zero-order valence-corrected chi connectivity index (χ0v) is 17.8. The number of benzene rings is 2. The first-order valence-corrected chi connectivity index (χ1v) is 10.6. The summed E-state index contributed by atoms with van der Waals surface area (Å²) < 4.78 is 5.48. The number of hydrogen-bond donors (Lipinski definition) is 0. The number of methoxy groups -OCH3 is 1. The fourth-order valence-electron chi connectivity index (χ4n) is 3.87. The number of para-hydroxylation sites is 1. The van der Waals surface area contributed by atoms with Gasteiger partial charge in [-0.3, -0.25) is 9.69 Å². The second-order valence-electron chi connectivity index (χ2n) is 6.99. The monoisotopic (exact) mass is 425 g/mol. The van der Waals surface area contributed by atoms with Gasteiger partial charge in [0.25, 0.3) is 0 Å². The van der Waals surface area contributed by atoms with Gasteiger partial charge in [0.15, 0.2) is 0 Å². The van der Waals surface area contributed by atoms with Gasteiger partial charge in [-0.25, -0.2) is 0 Å². The summed E-state index contributed by atoms with van der Waals surface area (Å²) in [6.07, 6.45) is 0.246. The quantitative estimate of drug-likeness (QED) is 0.701. The topological polar surface area (TPSA) is 56.6 Å². The Labute approximate surface area is 179 Å². The van der Waals surface area contributed by atoms with Crippen molar-refractivity contribution in [2.75, 3.05) is 24.6 Å². The third-order valence-corrected chi connectivity index (χ3v) is 6.95. The molecule has 2 heterocycles. The molecule has 2 aliphatic heterocycles. The minimum atomic E-state index is -0.290. The molecule has 148 valence electrons. The van der Waals surface area contributed by atoms with Crippen LogP contribution < -0.4 is 9.64 Å². The van der Waals surface area contributed by atoms with Gasteiger partial charge in [0.1, 0.15) is 5.75 Å². The van der Waals surface area contributed by atoms with E-state index in [4.69, 9.17) is 16.3 Å². The molecule has 0 radical (unpaired) electrons. The summed E-state index contributed by atoms with van der Waals surface area (Å²) in [6.45, 7) is 2.39. The lowest BCUT2D eigenvalue weighted by atomic mass is 9.86. The van der Waals surface area contributed by atoms with Crippen LogP contribution in [0.2, 0.25) is 5.02 Å². The van der Waals surface area contributed by atoms with Gasteiger partial charge in [-0.05, 0) is 30.7 Å². The first-order chi connectivity index (χ1) is 14.0. The van der Waals surface area contributed by atoms with E-state index in [0.717, 1.165) is 21.8 Å². The van der Waals surface area contributed by atoms with E-state index in [2.05, 4.69) is 11.0 Å². The van der Waals surface area contributed by atoms with Crippen LogP contribution in [-0.2, 0) is 4.79 Å². The van der Waals surface area contributed by atoms with E-state index in [-0.39, 0.29) is 18.2 Å². The number of nitrogens with zero attached hydrogens (tertiary/aromatic N) is 3. The molecule has 1 amide bonds. The third kappa shape index (κ3) is 3.45. The lowest BCUT2D eigenvalue weighted by Gasteiger charge is -2.42. The van der Waals surface area contributed by atoms with E-state index < -0.39 is 0 Å². The molecule has 1 atom stereocenters. The Morgan fingerprint density at radius 3 is 2.79 bits per heavy atom.